The lowest BCUT2D eigenvalue weighted by molar-refractivity contribution is -0.140. The number of rotatable bonds is 6. The topological polar surface area (TPSA) is 78.7 Å². The van der Waals surface area contributed by atoms with Crippen molar-refractivity contribution >= 4 is 33.4 Å². The Morgan fingerprint density at radius 3 is 2.39 bits per heavy atom. The lowest BCUT2D eigenvalue weighted by atomic mass is 9.95. The van der Waals surface area contributed by atoms with Crippen LogP contribution in [0.1, 0.15) is 22.9 Å². The Labute approximate surface area is 201 Å². The molecule has 0 radical (unpaired) electrons. The van der Waals surface area contributed by atoms with E-state index in [1.54, 1.807) is 4.68 Å². The number of amides is 1. The summed E-state index contributed by atoms with van der Waals surface area (Å²) in [5, 5.41) is 15.7. The van der Waals surface area contributed by atoms with Gasteiger partial charge in [0.1, 0.15) is 5.76 Å². The molecule has 1 aromatic heterocycles. The molecule has 2 aromatic carbocycles. The van der Waals surface area contributed by atoms with E-state index in [1.165, 1.54) is 11.1 Å². The minimum atomic E-state index is -0.689. The second kappa shape index (κ2) is 9.33. The zero-order valence-corrected chi connectivity index (χ0v) is 20.3. The van der Waals surface area contributed by atoms with Crippen molar-refractivity contribution in [3.63, 3.8) is 0 Å². The summed E-state index contributed by atoms with van der Waals surface area (Å²) in [6.07, 6.45) is 1.53. The second-order valence-corrected chi connectivity index (χ2v) is 9.15. The van der Waals surface area contributed by atoms with Gasteiger partial charge in [0.05, 0.1) is 34.8 Å². The summed E-state index contributed by atoms with van der Waals surface area (Å²) in [6.45, 7) is 2.77. The number of carbonyl (C=O) groups is 2. The highest BCUT2D eigenvalue weighted by Gasteiger charge is 2.46. The molecule has 33 heavy (non-hydrogen) atoms. The maximum absolute atomic E-state index is 13.2. The molecule has 1 aliphatic heterocycles. The molecule has 1 amide bonds. The first-order valence-electron chi connectivity index (χ1n) is 10.6. The summed E-state index contributed by atoms with van der Waals surface area (Å²) in [7, 11) is 3.82. The third-order valence-corrected chi connectivity index (χ3v) is 6.31. The van der Waals surface area contributed by atoms with Crippen molar-refractivity contribution in [2.45, 2.75) is 13.0 Å². The first-order chi connectivity index (χ1) is 15.8. The van der Waals surface area contributed by atoms with Gasteiger partial charge in [-0.1, -0.05) is 46.3 Å². The molecule has 1 fully saturated rings. The van der Waals surface area contributed by atoms with Gasteiger partial charge in [-0.2, -0.15) is 5.10 Å². The van der Waals surface area contributed by atoms with Crippen molar-refractivity contribution in [1.82, 2.24) is 19.6 Å². The summed E-state index contributed by atoms with van der Waals surface area (Å²) in [6, 6.07) is 16.3. The molecule has 170 valence electrons. The second-order valence-electron chi connectivity index (χ2n) is 8.24. The quantitative estimate of drug-likeness (QED) is 0.310. The molecule has 7 nitrogen and oxygen atoms in total. The van der Waals surface area contributed by atoms with E-state index in [1.807, 2.05) is 80.5 Å². The molecule has 0 aliphatic carbocycles. The van der Waals surface area contributed by atoms with Gasteiger partial charge in [0.25, 0.3) is 11.7 Å². The largest absolute Gasteiger partial charge is 0.507 e. The summed E-state index contributed by atoms with van der Waals surface area (Å²) in [5.41, 5.74) is 2.77. The molecule has 1 aliphatic rings. The van der Waals surface area contributed by atoms with Gasteiger partial charge in [-0.15, -0.1) is 0 Å². The zero-order chi connectivity index (χ0) is 23.7. The van der Waals surface area contributed by atoms with Crippen molar-refractivity contribution in [3.05, 3.63) is 87.7 Å². The first-order valence-corrected chi connectivity index (χ1v) is 11.4. The molecule has 2 heterocycles. The van der Waals surface area contributed by atoms with Crippen LogP contribution in [-0.2, 0) is 9.59 Å². The summed E-state index contributed by atoms with van der Waals surface area (Å²) in [4.78, 5) is 29.6. The molecular weight excluding hydrogens is 484 g/mol. The van der Waals surface area contributed by atoms with Gasteiger partial charge >= 0.3 is 0 Å². The fourth-order valence-corrected chi connectivity index (χ4v) is 4.29. The van der Waals surface area contributed by atoms with E-state index in [0.717, 1.165) is 15.7 Å². The lowest BCUT2D eigenvalue weighted by Crippen LogP contribution is -2.35. The number of benzene rings is 2. The smallest absolute Gasteiger partial charge is 0.295 e. The molecule has 0 bridgehead atoms. The number of hydrogen-bond donors (Lipinski definition) is 1. The van der Waals surface area contributed by atoms with E-state index < -0.39 is 17.7 Å². The summed E-state index contributed by atoms with van der Waals surface area (Å²) >= 11 is 3.43. The van der Waals surface area contributed by atoms with Crippen LogP contribution in [0.4, 0.5) is 0 Å². The number of hydrogen-bond acceptors (Lipinski definition) is 5. The van der Waals surface area contributed by atoms with Gasteiger partial charge in [0, 0.05) is 17.6 Å². The number of para-hydroxylation sites is 1. The summed E-state index contributed by atoms with van der Waals surface area (Å²) < 4.78 is 2.59. The van der Waals surface area contributed by atoms with E-state index in [0.29, 0.717) is 24.3 Å². The van der Waals surface area contributed by atoms with Crippen molar-refractivity contribution in [2.75, 3.05) is 27.2 Å². The predicted molar refractivity (Wildman–Crippen MR) is 130 cm³/mol. The molecule has 1 saturated heterocycles. The average Bonchev–Trinajstić information content (AvgIpc) is 3.30. The average molecular weight is 509 g/mol. The molecule has 1 unspecified atom stereocenters. The van der Waals surface area contributed by atoms with Crippen molar-refractivity contribution in [3.8, 4) is 5.69 Å². The Bertz CT molecular complexity index is 1220. The van der Waals surface area contributed by atoms with Crippen LogP contribution in [0.3, 0.4) is 0 Å². The molecule has 1 atom stereocenters. The minimum Gasteiger partial charge on any atom is -0.507 e. The monoisotopic (exact) mass is 508 g/mol. The van der Waals surface area contributed by atoms with E-state index in [9.17, 15) is 14.7 Å². The minimum absolute atomic E-state index is 0.0804. The third kappa shape index (κ3) is 4.36. The maximum Gasteiger partial charge on any atom is 0.295 e. The van der Waals surface area contributed by atoms with Crippen LogP contribution in [0.5, 0.6) is 0 Å². The number of Topliss-reactive ketones (excluding diaryl/α,β-unsaturated/α-hetero) is 1. The van der Waals surface area contributed by atoms with E-state index in [4.69, 9.17) is 0 Å². The maximum atomic E-state index is 13.2. The number of nitrogens with zero attached hydrogens (tertiary/aromatic N) is 4. The highest BCUT2D eigenvalue weighted by molar-refractivity contribution is 9.10. The van der Waals surface area contributed by atoms with Gasteiger partial charge in [-0.05, 0) is 50.8 Å². The number of aromatic nitrogens is 2. The van der Waals surface area contributed by atoms with Crippen LogP contribution >= 0.6 is 15.9 Å². The number of carbonyl (C=O) groups excluding carboxylic acids is 2. The molecule has 3 aromatic rings. The predicted octanol–water partition coefficient (Wildman–Crippen LogP) is 3.93. The first kappa shape index (κ1) is 22.9. The highest BCUT2D eigenvalue weighted by atomic mass is 79.9. The number of aliphatic hydroxyl groups excluding tert-OH is 1. The number of ketones is 1. The Kier molecular flexibility index (Phi) is 6.49. The Morgan fingerprint density at radius 1 is 1.09 bits per heavy atom. The van der Waals surface area contributed by atoms with Crippen LogP contribution in [0.25, 0.3) is 11.4 Å². The van der Waals surface area contributed by atoms with Crippen molar-refractivity contribution in [2.24, 2.45) is 0 Å². The van der Waals surface area contributed by atoms with Crippen LogP contribution in [0.2, 0.25) is 0 Å². The normalized spacial score (nSPS) is 17.8. The Balaban J connectivity index is 1.84. The van der Waals surface area contributed by atoms with Gasteiger partial charge in [-0.3, -0.25) is 9.59 Å². The standard InChI is InChI=1S/C25H25BrN4O3/c1-16-20(15-27-30(16)19-7-5-4-6-8-19)23(31)21-22(17-9-11-18(26)12-10-17)29(14-13-28(2)3)25(33)24(21)32/h4-12,15,22,31H,13-14H2,1-3H3/b23-21+. The molecule has 0 saturated carbocycles. The SMILES string of the molecule is Cc1c(/C(O)=C2\C(=O)C(=O)N(CCN(C)C)C2c2ccc(Br)cc2)cnn1-c1ccccc1. The van der Waals surface area contributed by atoms with E-state index >= 15 is 0 Å². The molecular formula is C25H25BrN4O3. The van der Waals surface area contributed by atoms with E-state index in [2.05, 4.69) is 21.0 Å². The van der Waals surface area contributed by atoms with E-state index in [-0.39, 0.29) is 11.3 Å². The highest BCUT2D eigenvalue weighted by Crippen LogP contribution is 2.40. The van der Waals surface area contributed by atoms with Gasteiger partial charge in [0.15, 0.2) is 0 Å². The number of halogens is 1. The van der Waals surface area contributed by atoms with Gasteiger partial charge < -0.3 is 14.9 Å². The van der Waals surface area contributed by atoms with Crippen LogP contribution < -0.4 is 0 Å². The zero-order valence-electron chi connectivity index (χ0n) is 18.7. The van der Waals surface area contributed by atoms with Crippen molar-refractivity contribution in [1.29, 1.82) is 0 Å². The Morgan fingerprint density at radius 2 is 1.76 bits per heavy atom. The third-order valence-electron chi connectivity index (χ3n) is 5.78. The van der Waals surface area contributed by atoms with Crippen LogP contribution in [-0.4, -0.2) is 63.6 Å². The molecule has 1 N–H and O–H groups in total. The van der Waals surface area contributed by atoms with Crippen LogP contribution in [0.15, 0.2) is 70.8 Å². The van der Waals surface area contributed by atoms with Gasteiger partial charge in [0.2, 0.25) is 0 Å². The Hall–Kier alpha value is -3.23. The van der Waals surface area contributed by atoms with Crippen molar-refractivity contribution < 1.29 is 14.7 Å². The molecule has 0 spiro atoms. The fourth-order valence-electron chi connectivity index (χ4n) is 4.03. The van der Waals surface area contributed by atoms with Gasteiger partial charge in [-0.25, -0.2) is 4.68 Å². The molecule has 4 rings (SSSR count). The number of aliphatic hydroxyl groups is 1. The summed E-state index contributed by atoms with van der Waals surface area (Å²) in [5.74, 6) is -1.52. The molecule has 8 heteroatoms. The fraction of sp³-hybridized carbons (Fsp3) is 0.240. The number of likely N-dealkylation sites (tertiary alicyclic amines) is 1. The lowest BCUT2D eigenvalue weighted by Gasteiger charge is -2.26. The van der Waals surface area contributed by atoms with Crippen LogP contribution in [0, 0.1) is 6.92 Å². The number of likely N-dealkylation sites (N-methyl/N-ethyl adjacent to an activating group) is 1.